The summed E-state index contributed by atoms with van der Waals surface area (Å²) in [6, 6.07) is 13.0. The number of hydrogen-bond acceptors (Lipinski definition) is 6. The summed E-state index contributed by atoms with van der Waals surface area (Å²) in [6.07, 6.45) is 0.372. The predicted molar refractivity (Wildman–Crippen MR) is 97.8 cm³/mol. The summed E-state index contributed by atoms with van der Waals surface area (Å²) in [7, 11) is 3.07. The van der Waals surface area contributed by atoms with Gasteiger partial charge < -0.3 is 14.5 Å². The molecule has 0 saturated heterocycles. The Morgan fingerprint density at radius 3 is 2.54 bits per heavy atom. The van der Waals surface area contributed by atoms with Crippen LogP contribution in [0.1, 0.15) is 11.5 Å². The fourth-order valence-electron chi connectivity index (χ4n) is 2.88. The van der Waals surface area contributed by atoms with Crippen LogP contribution in [0.3, 0.4) is 0 Å². The topological polar surface area (TPSA) is 90.0 Å². The first-order valence-electron chi connectivity index (χ1n) is 8.04. The zero-order chi connectivity index (χ0) is 18.1. The number of aromatic nitrogens is 4. The van der Waals surface area contributed by atoms with Crippen molar-refractivity contribution in [3.05, 3.63) is 64.3 Å². The van der Waals surface area contributed by atoms with E-state index in [1.165, 1.54) is 7.11 Å². The lowest BCUT2D eigenvalue weighted by Crippen LogP contribution is -2.13. The van der Waals surface area contributed by atoms with Gasteiger partial charge >= 0.3 is 0 Å². The van der Waals surface area contributed by atoms with Crippen molar-refractivity contribution in [3.63, 3.8) is 0 Å². The van der Waals surface area contributed by atoms with E-state index in [1.807, 2.05) is 30.3 Å². The molecule has 0 aliphatic carbocycles. The first-order chi connectivity index (χ1) is 12.7. The molecule has 26 heavy (non-hydrogen) atoms. The number of rotatable bonds is 4. The van der Waals surface area contributed by atoms with Gasteiger partial charge in [-0.1, -0.05) is 18.2 Å². The number of ether oxygens (including phenoxy) is 2. The highest BCUT2D eigenvalue weighted by Gasteiger charge is 2.12. The van der Waals surface area contributed by atoms with Crippen molar-refractivity contribution >= 4 is 21.8 Å². The molecule has 4 rings (SSSR count). The molecule has 0 spiro atoms. The highest BCUT2D eigenvalue weighted by atomic mass is 16.5. The molecular formula is C19H16N4O3. The summed E-state index contributed by atoms with van der Waals surface area (Å²) in [5, 5.41) is 9.86. The average molecular weight is 348 g/mol. The molecule has 7 nitrogen and oxygen atoms in total. The molecular weight excluding hydrogens is 332 g/mol. The summed E-state index contributed by atoms with van der Waals surface area (Å²) in [6.45, 7) is 0. The molecule has 0 aliphatic heterocycles. The molecule has 130 valence electrons. The van der Waals surface area contributed by atoms with E-state index in [0.717, 1.165) is 16.6 Å². The Kier molecular flexibility index (Phi) is 3.96. The first-order valence-corrected chi connectivity index (χ1v) is 8.04. The predicted octanol–water partition coefficient (Wildman–Crippen LogP) is 2.47. The summed E-state index contributed by atoms with van der Waals surface area (Å²) in [5.74, 6) is 1.52. The van der Waals surface area contributed by atoms with Crippen LogP contribution in [0.2, 0.25) is 0 Å². The lowest BCUT2D eigenvalue weighted by Gasteiger charge is -2.09. The SMILES string of the molecule is COc1cc2nc(Cc3cc4ccccc4nn3)[nH]c(=O)c2cc1OC. The second-order valence-electron chi connectivity index (χ2n) is 5.81. The third-order valence-corrected chi connectivity index (χ3v) is 4.15. The van der Waals surface area contributed by atoms with Crippen LogP contribution >= 0.6 is 0 Å². The van der Waals surface area contributed by atoms with Crippen molar-refractivity contribution in [2.45, 2.75) is 6.42 Å². The Labute approximate surface area is 148 Å². The number of benzene rings is 2. The third-order valence-electron chi connectivity index (χ3n) is 4.15. The minimum Gasteiger partial charge on any atom is -0.493 e. The van der Waals surface area contributed by atoms with Gasteiger partial charge in [-0.15, -0.1) is 0 Å². The van der Waals surface area contributed by atoms with Gasteiger partial charge in [0.2, 0.25) is 0 Å². The van der Waals surface area contributed by atoms with Crippen molar-refractivity contribution in [1.29, 1.82) is 0 Å². The van der Waals surface area contributed by atoms with Gasteiger partial charge in [0.1, 0.15) is 5.82 Å². The fourth-order valence-corrected chi connectivity index (χ4v) is 2.88. The van der Waals surface area contributed by atoms with Crippen molar-refractivity contribution < 1.29 is 9.47 Å². The number of fused-ring (bicyclic) bond motifs is 2. The molecule has 0 saturated carbocycles. The van der Waals surface area contributed by atoms with E-state index in [-0.39, 0.29) is 5.56 Å². The lowest BCUT2D eigenvalue weighted by molar-refractivity contribution is 0.355. The number of nitrogens with one attached hydrogen (secondary N) is 1. The molecule has 0 bridgehead atoms. The van der Waals surface area contributed by atoms with Gasteiger partial charge in [0, 0.05) is 11.5 Å². The molecule has 4 aromatic rings. The second kappa shape index (κ2) is 6.44. The first kappa shape index (κ1) is 16.0. The monoisotopic (exact) mass is 348 g/mol. The standard InChI is InChI=1S/C19H16N4O3/c1-25-16-9-13-15(10-17(16)26-2)20-18(21-19(13)24)8-12-7-11-5-3-4-6-14(11)23-22-12/h3-7,9-10H,8H2,1-2H3,(H,20,21,24). The molecule has 1 N–H and O–H groups in total. The minimum atomic E-state index is -0.236. The number of hydrogen-bond donors (Lipinski definition) is 1. The van der Waals surface area contributed by atoms with Crippen molar-refractivity contribution in [1.82, 2.24) is 20.2 Å². The molecule has 0 unspecified atom stereocenters. The molecule has 0 radical (unpaired) electrons. The van der Waals surface area contributed by atoms with E-state index in [9.17, 15) is 4.79 Å². The summed E-state index contributed by atoms with van der Waals surface area (Å²) in [4.78, 5) is 19.8. The Bertz CT molecular complexity index is 1170. The third kappa shape index (κ3) is 2.83. The summed E-state index contributed by atoms with van der Waals surface area (Å²) in [5.41, 5.74) is 1.86. The van der Waals surface area contributed by atoms with Gasteiger partial charge in [-0.05, 0) is 18.2 Å². The maximum absolute atomic E-state index is 12.4. The Morgan fingerprint density at radius 2 is 1.73 bits per heavy atom. The fraction of sp³-hybridized carbons (Fsp3) is 0.158. The van der Waals surface area contributed by atoms with E-state index in [1.54, 1.807) is 19.2 Å². The van der Waals surface area contributed by atoms with Crippen LogP contribution in [-0.2, 0) is 6.42 Å². The Balaban J connectivity index is 1.77. The van der Waals surface area contributed by atoms with E-state index >= 15 is 0 Å². The largest absolute Gasteiger partial charge is 0.493 e. The van der Waals surface area contributed by atoms with Crippen LogP contribution in [0.4, 0.5) is 0 Å². The maximum atomic E-state index is 12.4. The highest BCUT2D eigenvalue weighted by Crippen LogP contribution is 2.30. The van der Waals surface area contributed by atoms with E-state index < -0.39 is 0 Å². The molecule has 2 heterocycles. The zero-order valence-corrected chi connectivity index (χ0v) is 14.3. The average Bonchev–Trinajstić information content (AvgIpc) is 2.67. The highest BCUT2D eigenvalue weighted by molar-refractivity contribution is 5.82. The molecule has 2 aromatic carbocycles. The molecule has 0 fully saturated rings. The Hall–Kier alpha value is -3.48. The zero-order valence-electron chi connectivity index (χ0n) is 14.3. The van der Waals surface area contributed by atoms with Crippen LogP contribution in [0, 0.1) is 0 Å². The maximum Gasteiger partial charge on any atom is 0.258 e. The molecule has 2 aromatic heterocycles. The van der Waals surface area contributed by atoms with Crippen LogP contribution in [0.15, 0.2) is 47.3 Å². The van der Waals surface area contributed by atoms with E-state index in [4.69, 9.17) is 9.47 Å². The summed E-state index contributed by atoms with van der Waals surface area (Å²) < 4.78 is 10.5. The molecule has 0 atom stereocenters. The van der Waals surface area contributed by atoms with Crippen LogP contribution < -0.4 is 15.0 Å². The number of nitrogens with zero attached hydrogens (tertiary/aromatic N) is 3. The van der Waals surface area contributed by atoms with Crippen molar-refractivity contribution in [2.24, 2.45) is 0 Å². The summed E-state index contributed by atoms with van der Waals surface area (Å²) >= 11 is 0. The van der Waals surface area contributed by atoms with E-state index in [2.05, 4.69) is 20.2 Å². The van der Waals surface area contributed by atoms with Crippen LogP contribution in [0.25, 0.3) is 21.8 Å². The van der Waals surface area contributed by atoms with Gasteiger partial charge in [0.25, 0.3) is 5.56 Å². The number of methoxy groups -OCH3 is 2. The van der Waals surface area contributed by atoms with Gasteiger partial charge in [-0.25, -0.2) is 4.98 Å². The number of H-pyrrole nitrogens is 1. The van der Waals surface area contributed by atoms with Crippen molar-refractivity contribution in [3.8, 4) is 11.5 Å². The minimum absolute atomic E-state index is 0.236. The van der Waals surface area contributed by atoms with Gasteiger partial charge in [-0.3, -0.25) is 4.79 Å². The molecule has 0 aliphatic rings. The lowest BCUT2D eigenvalue weighted by atomic mass is 10.1. The Morgan fingerprint density at radius 1 is 0.962 bits per heavy atom. The van der Waals surface area contributed by atoms with Gasteiger partial charge in [-0.2, -0.15) is 10.2 Å². The number of aromatic amines is 1. The van der Waals surface area contributed by atoms with Gasteiger partial charge in [0.15, 0.2) is 11.5 Å². The molecule has 0 amide bonds. The van der Waals surface area contributed by atoms with E-state index in [0.29, 0.717) is 34.6 Å². The van der Waals surface area contributed by atoms with Crippen LogP contribution in [-0.4, -0.2) is 34.4 Å². The normalized spacial score (nSPS) is 11.0. The van der Waals surface area contributed by atoms with Crippen LogP contribution in [0.5, 0.6) is 11.5 Å². The molecule has 7 heteroatoms. The van der Waals surface area contributed by atoms with Gasteiger partial charge in [0.05, 0.1) is 42.8 Å². The smallest absolute Gasteiger partial charge is 0.258 e. The van der Waals surface area contributed by atoms with Crippen molar-refractivity contribution in [2.75, 3.05) is 14.2 Å². The quantitative estimate of drug-likeness (QED) is 0.609. The second-order valence-corrected chi connectivity index (χ2v) is 5.81.